The van der Waals surface area contributed by atoms with E-state index in [-0.39, 0.29) is 37.9 Å². The van der Waals surface area contributed by atoms with E-state index in [9.17, 15) is 22.4 Å². The Morgan fingerprint density at radius 3 is 2.42 bits per heavy atom. The van der Waals surface area contributed by atoms with Crippen LogP contribution in [0.3, 0.4) is 0 Å². The number of carbonyl (C=O) groups excluding carboxylic acids is 1. The molecule has 0 radical (unpaired) electrons. The van der Waals surface area contributed by atoms with Crippen molar-refractivity contribution in [3.05, 3.63) is 53.6 Å². The van der Waals surface area contributed by atoms with Crippen LogP contribution in [-0.4, -0.2) is 68.4 Å². The maximum absolute atomic E-state index is 13.5. The molecule has 1 saturated heterocycles. The van der Waals surface area contributed by atoms with E-state index in [1.54, 1.807) is 25.1 Å². The van der Waals surface area contributed by atoms with Gasteiger partial charge in [0.1, 0.15) is 18.1 Å². The third-order valence-electron chi connectivity index (χ3n) is 5.10. The molecule has 2 aromatic heterocycles. The van der Waals surface area contributed by atoms with Crippen LogP contribution in [0, 0.1) is 12.7 Å². The molecule has 3 heterocycles. The van der Waals surface area contributed by atoms with Crippen LogP contribution < -0.4 is 9.64 Å². The van der Waals surface area contributed by atoms with Gasteiger partial charge in [-0.05, 0) is 37.3 Å². The van der Waals surface area contributed by atoms with Crippen molar-refractivity contribution >= 4 is 11.7 Å². The lowest BCUT2D eigenvalue weighted by atomic mass is 10.3. The van der Waals surface area contributed by atoms with E-state index in [1.807, 2.05) is 0 Å². The van der Waals surface area contributed by atoms with Gasteiger partial charge in [-0.15, -0.1) is 15.3 Å². The lowest BCUT2D eigenvalue weighted by molar-refractivity contribution is -0.144. The average molecular weight is 465 g/mol. The Morgan fingerprint density at radius 1 is 1.03 bits per heavy atom. The van der Waals surface area contributed by atoms with Crippen molar-refractivity contribution in [1.29, 1.82) is 0 Å². The maximum Gasteiger partial charge on any atom is 0.287 e. The average Bonchev–Trinajstić information content (AvgIpc) is 3.18. The van der Waals surface area contributed by atoms with Crippen LogP contribution in [0.25, 0.3) is 5.69 Å². The second-order valence-corrected chi connectivity index (χ2v) is 7.24. The smallest absolute Gasteiger partial charge is 0.287 e. The van der Waals surface area contributed by atoms with Crippen molar-refractivity contribution in [2.45, 2.75) is 26.3 Å². The van der Waals surface area contributed by atoms with Gasteiger partial charge in [-0.25, -0.2) is 22.2 Å². The minimum atomic E-state index is -3.25. The molecule has 1 fully saturated rings. The molecule has 9 nitrogen and oxygen atoms in total. The van der Waals surface area contributed by atoms with E-state index in [0.29, 0.717) is 27.8 Å². The van der Waals surface area contributed by atoms with E-state index >= 15 is 0 Å². The minimum absolute atomic E-state index is 0.0624. The molecular weight excluding hydrogens is 446 g/mol. The van der Waals surface area contributed by atoms with Crippen molar-refractivity contribution in [3.8, 4) is 11.6 Å². The van der Waals surface area contributed by atoms with Gasteiger partial charge in [0.05, 0.1) is 17.9 Å². The van der Waals surface area contributed by atoms with E-state index in [4.69, 9.17) is 4.74 Å². The number of carbonyl (C=O) groups is 1. The molecule has 1 aromatic carbocycles. The van der Waals surface area contributed by atoms with Crippen molar-refractivity contribution in [2.75, 3.05) is 24.5 Å². The molecule has 1 unspecified atom stereocenters. The van der Waals surface area contributed by atoms with Gasteiger partial charge in [0, 0.05) is 19.2 Å². The Balaban J connectivity index is 1.39. The summed E-state index contributed by atoms with van der Waals surface area (Å²) >= 11 is 0. The standard InChI is InChI=1S/C20H19F4N7O2/c1-12-15(31(28-25-12)14-4-2-13(21)3-5-14)11-33-17-7-6-16(26-27-17)29-8-9-30(18(32)10-29)20(24)19(22)23/h2-7,19-20H,8-11H2,1H3. The predicted molar refractivity (Wildman–Crippen MR) is 107 cm³/mol. The molecule has 0 bridgehead atoms. The fourth-order valence-corrected chi connectivity index (χ4v) is 3.31. The van der Waals surface area contributed by atoms with Crippen LogP contribution in [0.5, 0.6) is 5.88 Å². The van der Waals surface area contributed by atoms with E-state index < -0.39 is 18.6 Å². The van der Waals surface area contributed by atoms with Crippen LogP contribution in [0.1, 0.15) is 11.4 Å². The number of amides is 1. The molecule has 0 saturated carbocycles. The van der Waals surface area contributed by atoms with E-state index in [0.717, 1.165) is 0 Å². The zero-order valence-corrected chi connectivity index (χ0v) is 17.4. The van der Waals surface area contributed by atoms with E-state index in [2.05, 4.69) is 20.5 Å². The molecule has 13 heteroatoms. The third kappa shape index (κ3) is 4.86. The summed E-state index contributed by atoms with van der Waals surface area (Å²) in [5, 5.41) is 16.1. The number of rotatable bonds is 7. The van der Waals surface area contributed by atoms with Crippen molar-refractivity contribution in [3.63, 3.8) is 0 Å². The Morgan fingerprint density at radius 2 is 1.79 bits per heavy atom. The minimum Gasteiger partial charge on any atom is -0.470 e. The monoisotopic (exact) mass is 465 g/mol. The molecule has 1 amide bonds. The number of hydrogen-bond acceptors (Lipinski definition) is 7. The fraction of sp³-hybridized carbons (Fsp3) is 0.350. The number of alkyl halides is 3. The van der Waals surface area contributed by atoms with Crippen LogP contribution in [0.15, 0.2) is 36.4 Å². The first kappa shape index (κ1) is 22.4. The molecule has 1 atom stereocenters. The largest absolute Gasteiger partial charge is 0.470 e. The molecule has 4 rings (SSSR count). The Labute approximate surface area is 185 Å². The number of anilines is 1. The van der Waals surface area contributed by atoms with E-state index in [1.165, 1.54) is 27.8 Å². The highest BCUT2D eigenvalue weighted by atomic mass is 19.3. The molecule has 0 aliphatic carbocycles. The zero-order chi connectivity index (χ0) is 23.5. The summed E-state index contributed by atoms with van der Waals surface area (Å²) in [6, 6.07) is 8.86. The molecule has 174 valence electrons. The number of benzene rings is 1. The Bertz CT molecular complexity index is 1110. The lowest BCUT2D eigenvalue weighted by Gasteiger charge is -2.36. The highest BCUT2D eigenvalue weighted by Gasteiger charge is 2.35. The number of aryl methyl sites for hydroxylation is 1. The summed E-state index contributed by atoms with van der Waals surface area (Å²) in [5.74, 6) is -0.605. The predicted octanol–water partition coefficient (Wildman–Crippen LogP) is 2.29. The van der Waals surface area contributed by atoms with Crippen molar-refractivity contribution in [1.82, 2.24) is 30.1 Å². The number of piperazine rings is 1. The summed E-state index contributed by atoms with van der Waals surface area (Å²) in [6.45, 7) is 1.48. The van der Waals surface area contributed by atoms with Crippen LogP contribution >= 0.6 is 0 Å². The molecular formula is C20H19F4N7O2. The molecule has 33 heavy (non-hydrogen) atoms. The first-order valence-electron chi connectivity index (χ1n) is 9.94. The molecule has 0 N–H and O–H groups in total. The van der Waals surface area contributed by atoms with Gasteiger partial charge >= 0.3 is 0 Å². The summed E-state index contributed by atoms with van der Waals surface area (Å²) < 4.78 is 59.0. The quantitative estimate of drug-likeness (QED) is 0.391. The van der Waals surface area contributed by atoms with Gasteiger partial charge in [-0.1, -0.05) is 5.21 Å². The summed E-state index contributed by atoms with van der Waals surface area (Å²) in [4.78, 5) is 14.1. The molecule has 3 aromatic rings. The van der Waals surface area contributed by atoms with Gasteiger partial charge in [-0.2, -0.15) is 0 Å². The number of nitrogens with zero attached hydrogens (tertiary/aromatic N) is 7. The first-order chi connectivity index (χ1) is 15.8. The molecule has 1 aliphatic rings. The number of halogens is 4. The van der Waals surface area contributed by atoms with Gasteiger partial charge in [0.15, 0.2) is 5.82 Å². The normalized spacial score (nSPS) is 15.3. The third-order valence-corrected chi connectivity index (χ3v) is 5.10. The van der Waals surface area contributed by atoms with Gasteiger partial charge in [0.2, 0.25) is 18.1 Å². The fourth-order valence-electron chi connectivity index (χ4n) is 3.31. The second-order valence-electron chi connectivity index (χ2n) is 7.24. The van der Waals surface area contributed by atoms with Gasteiger partial charge < -0.3 is 14.5 Å². The topological polar surface area (TPSA) is 89.3 Å². The van der Waals surface area contributed by atoms with Crippen LogP contribution in [-0.2, 0) is 11.4 Å². The summed E-state index contributed by atoms with van der Waals surface area (Å²) in [7, 11) is 0. The molecule has 0 spiro atoms. The van der Waals surface area contributed by atoms with Crippen molar-refractivity contribution < 1.29 is 27.1 Å². The second kappa shape index (κ2) is 9.38. The summed E-state index contributed by atoms with van der Waals surface area (Å²) in [5.41, 5.74) is 1.87. The lowest BCUT2D eigenvalue weighted by Crippen LogP contribution is -2.54. The highest BCUT2D eigenvalue weighted by molar-refractivity contribution is 5.82. The van der Waals surface area contributed by atoms with Crippen LogP contribution in [0.4, 0.5) is 23.4 Å². The Hall–Kier alpha value is -3.77. The summed E-state index contributed by atoms with van der Waals surface area (Å²) in [6.07, 6.45) is -5.88. The number of aromatic nitrogens is 5. The number of hydrogen-bond donors (Lipinski definition) is 0. The highest BCUT2D eigenvalue weighted by Crippen LogP contribution is 2.20. The Kier molecular flexibility index (Phi) is 6.38. The SMILES string of the molecule is Cc1nnn(-c2ccc(F)cc2)c1COc1ccc(N2CCN(C(F)C(F)F)C(=O)C2)nn1. The van der Waals surface area contributed by atoms with Crippen LogP contribution in [0.2, 0.25) is 0 Å². The molecule has 1 aliphatic heterocycles. The zero-order valence-electron chi connectivity index (χ0n) is 17.4. The number of ether oxygens (including phenoxy) is 1. The van der Waals surface area contributed by atoms with Gasteiger partial charge in [0.25, 0.3) is 6.43 Å². The van der Waals surface area contributed by atoms with Gasteiger partial charge in [-0.3, -0.25) is 4.79 Å². The van der Waals surface area contributed by atoms with Crippen molar-refractivity contribution in [2.24, 2.45) is 0 Å². The first-order valence-corrected chi connectivity index (χ1v) is 9.94. The maximum atomic E-state index is 13.5.